The van der Waals surface area contributed by atoms with E-state index in [0.717, 1.165) is 43.0 Å². The van der Waals surface area contributed by atoms with Crippen LogP contribution in [0.1, 0.15) is 6.92 Å². The van der Waals surface area contributed by atoms with Gasteiger partial charge >= 0.3 is 0 Å². The van der Waals surface area contributed by atoms with Crippen LogP contribution in [0.25, 0.3) is 11.0 Å². The summed E-state index contributed by atoms with van der Waals surface area (Å²) in [4.78, 5) is 13.7. The van der Waals surface area contributed by atoms with Crippen molar-refractivity contribution in [3.8, 4) is 0 Å². The molecule has 2 aromatic rings. The van der Waals surface area contributed by atoms with Gasteiger partial charge in [0.2, 0.25) is 0 Å². The van der Waals surface area contributed by atoms with Gasteiger partial charge in [0.1, 0.15) is 5.82 Å². The smallest absolute Gasteiger partial charge is 0.147 e. The molecule has 0 aliphatic carbocycles. The Kier molecular flexibility index (Phi) is 3.80. The highest BCUT2D eigenvalue weighted by Gasteiger charge is 2.21. The minimum atomic E-state index is 0.218. The Balaban J connectivity index is 1.73. The van der Waals surface area contributed by atoms with Crippen LogP contribution < -0.4 is 4.90 Å². The molecule has 1 saturated heterocycles. The van der Waals surface area contributed by atoms with Gasteiger partial charge in [-0.1, -0.05) is 12.1 Å². The van der Waals surface area contributed by atoms with E-state index in [4.69, 9.17) is 0 Å². The third-order valence-electron chi connectivity index (χ3n) is 3.96. The molecule has 1 aliphatic rings. The van der Waals surface area contributed by atoms with E-state index >= 15 is 0 Å². The van der Waals surface area contributed by atoms with Gasteiger partial charge in [0, 0.05) is 32.2 Å². The molecule has 20 heavy (non-hydrogen) atoms. The first-order valence-corrected chi connectivity index (χ1v) is 7.09. The standard InChI is InChI=1S/C15H20N4O/c1-12(11-20)18-6-8-19(9-7-18)15-10-16-13-4-2-3-5-14(13)17-15/h2-5,10,12,20H,6-9,11H2,1H3/t12-/m1/s1. The van der Waals surface area contributed by atoms with E-state index < -0.39 is 0 Å². The summed E-state index contributed by atoms with van der Waals surface area (Å²) in [5.74, 6) is 0.944. The average Bonchev–Trinajstić information content (AvgIpc) is 2.54. The maximum atomic E-state index is 9.21. The van der Waals surface area contributed by atoms with Crippen molar-refractivity contribution >= 4 is 16.9 Å². The molecule has 0 saturated carbocycles. The number of piperazine rings is 1. The maximum absolute atomic E-state index is 9.21. The molecule has 1 N–H and O–H groups in total. The molecule has 0 amide bonds. The van der Waals surface area contributed by atoms with Crippen molar-refractivity contribution in [1.82, 2.24) is 14.9 Å². The largest absolute Gasteiger partial charge is 0.395 e. The lowest BCUT2D eigenvalue weighted by atomic mass is 10.2. The van der Waals surface area contributed by atoms with Crippen LogP contribution in [0.5, 0.6) is 0 Å². The molecule has 1 fully saturated rings. The topological polar surface area (TPSA) is 52.5 Å². The number of para-hydroxylation sites is 2. The molecule has 2 heterocycles. The number of anilines is 1. The Bertz CT molecular complexity index is 581. The van der Waals surface area contributed by atoms with Gasteiger partial charge in [0.05, 0.1) is 23.8 Å². The van der Waals surface area contributed by atoms with Crippen LogP contribution in [0.4, 0.5) is 5.82 Å². The van der Waals surface area contributed by atoms with Crippen molar-refractivity contribution in [2.75, 3.05) is 37.7 Å². The molecular weight excluding hydrogens is 252 g/mol. The summed E-state index contributed by atoms with van der Waals surface area (Å²) < 4.78 is 0. The quantitative estimate of drug-likeness (QED) is 0.908. The molecular formula is C15H20N4O. The lowest BCUT2D eigenvalue weighted by Gasteiger charge is -2.37. The zero-order valence-electron chi connectivity index (χ0n) is 11.7. The number of rotatable bonds is 3. The molecule has 1 atom stereocenters. The molecule has 5 heteroatoms. The first-order chi connectivity index (χ1) is 9.78. The van der Waals surface area contributed by atoms with E-state index in [-0.39, 0.29) is 12.6 Å². The first-order valence-electron chi connectivity index (χ1n) is 7.09. The van der Waals surface area contributed by atoms with Crippen molar-refractivity contribution in [3.63, 3.8) is 0 Å². The predicted octanol–water partition coefficient (Wildman–Crippen LogP) is 1.13. The number of nitrogens with zero attached hydrogens (tertiary/aromatic N) is 4. The zero-order chi connectivity index (χ0) is 13.9. The number of hydrogen-bond donors (Lipinski definition) is 1. The van der Waals surface area contributed by atoms with Crippen molar-refractivity contribution in [3.05, 3.63) is 30.5 Å². The van der Waals surface area contributed by atoms with E-state index in [9.17, 15) is 5.11 Å². The monoisotopic (exact) mass is 272 g/mol. The Morgan fingerprint density at radius 2 is 1.85 bits per heavy atom. The molecule has 0 radical (unpaired) electrons. The summed E-state index contributed by atoms with van der Waals surface area (Å²) in [6.07, 6.45) is 1.85. The van der Waals surface area contributed by atoms with E-state index in [2.05, 4.69) is 26.7 Å². The van der Waals surface area contributed by atoms with Crippen LogP contribution in [0, 0.1) is 0 Å². The van der Waals surface area contributed by atoms with Crippen molar-refractivity contribution < 1.29 is 5.11 Å². The highest BCUT2D eigenvalue weighted by atomic mass is 16.3. The van der Waals surface area contributed by atoms with Gasteiger partial charge in [0.15, 0.2) is 0 Å². The second-order valence-corrected chi connectivity index (χ2v) is 5.27. The van der Waals surface area contributed by atoms with Crippen LogP contribution in [-0.4, -0.2) is 58.8 Å². The second-order valence-electron chi connectivity index (χ2n) is 5.27. The van der Waals surface area contributed by atoms with Crippen LogP contribution in [0.15, 0.2) is 30.5 Å². The number of benzene rings is 1. The van der Waals surface area contributed by atoms with E-state index in [1.54, 1.807) is 0 Å². The van der Waals surface area contributed by atoms with Crippen LogP contribution >= 0.6 is 0 Å². The second kappa shape index (κ2) is 5.73. The number of aliphatic hydroxyl groups is 1. The first kappa shape index (κ1) is 13.3. The van der Waals surface area contributed by atoms with Gasteiger partial charge < -0.3 is 10.0 Å². The fourth-order valence-electron chi connectivity index (χ4n) is 2.61. The molecule has 0 bridgehead atoms. The van der Waals surface area contributed by atoms with Crippen LogP contribution in [0.2, 0.25) is 0 Å². The number of aliphatic hydroxyl groups excluding tert-OH is 1. The highest BCUT2D eigenvalue weighted by Crippen LogP contribution is 2.17. The molecule has 1 aromatic heterocycles. The van der Waals surface area contributed by atoms with Crippen molar-refractivity contribution in [1.29, 1.82) is 0 Å². The summed E-state index contributed by atoms with van der Waals surface area (Å²) in [5, 5.41) is 9.21. The summed E-state index contributed by atoms with van der Waals surface area (Å²) >= 11 is 0. The lowest BCUT2D eigenvalue weighted by Crippen LogP contribution is -2.50. The molecule has 5 nitrogen and oxygen atoms in total. The molecule has 0 unspecified atom stereocenters. The van der Waals surface area contributed by atoms with Crippen LogP contribution in [0.3, 0.4) is 0 Å². The highest BCUT2D eigenvalue weighted by molar-refractivity contribution is 5.75. The van der Waals surface area contributed by atoms with Crippen molar-refractivity contribution in [2.24, 2.45) is 0 Å². The van der Waals surface area contributed by atoms with Gasteiger partial charge in [-0.3, -0.25) is 9.88 Å². The molecule has 3 rings (SSSR count). The fourth-order valence-corrected chi connectivity index (χ4v) is 2.61. The maximum Gasteiger partial charge on any atom is 0.147 e. The van der Waals surface area contributed by atoms with Crippen LogP contribution in [-0.2, 0) is 0 Å². The summed E-state index contributed by atoms with van der Waals surface area (Å²) in [7, 11) is 0. The third-order valence-corrected chi connectivity index (χ3v) is 3.96. The van der Waals surface area contributed by atoms with Gasteiger partial charge in [-0.15, -0.1) is 0 Å². The minimum absolute atomic E-state index is 0.218. The summed E-state index contributed by atoms with van der Waals surface area (Å²) in [5.41, 5.74) is 1.87. The summed E-state index contributed by atoms with van der Waals surface area (Å²) in [6, 6.07) is 8.18. The molecule has 1 aliphatic heterocycles. The molecule has 0 spiro atoms. The Labute approximate surface area is 118 Å². The summed E-state index contributed by atoms with van der Waals surface area (Å²) in [6.45, 7) is 6.04. The van der Waals surface area contributed by atoms with Crippen molar-refractivity contribution in [2.45, 2.75) is 13.0 Å². The minimum Gasteiger partial charge on any atom is -0.395 e. The van der Waals surface area contributed by atoms with E-state index in [0.29, 0.717) is 0 Å². The zero-order valence-corrected chi connectivity index (χ0v) is 11.7. The fraction of sp³-hybridized carbons (Fsp3) is 0.467. The third kappa shape index (κ3) is 2.59. The van der Waals surface area contributed by atoms with E-state index in [1.165, 1.54) is 0 Å². The Hall–Kier alpha value is -1.72. The Morgan fingerprint density at radius 1 is 1.15 bits per heavy atom. The molecule has 106 valence electrons. The SMILES string of the molecule is C[C@H](CO)N1CCN(c2cnc3ccccc3n2)CC1. The van der Waals surface area contributed by atoms with E-state index in [1.807, 2.05) is 30.5 Å². The van der Waals surface area contributed by atoms with Gasteiger partial charge in [-0.25, -0.2) is 4.98 Å². The number of fused-ring (bicyclic) bond motifs is 1. The van der Waals surface area contributed by atoms with Gasteiger partial charge in [-0.05, 0) is 19.1 Å². The van der Waals surface area contributed by atoms with Gasteiger partial charge in [-0.2, -0.15) is 0 Å². The Morgan fingerprint density at radius 3 is 2.55 bits per heavy atom. The molecule has 1 aromatic carbocycles. The normalized spacial score (nSPS) is 18.4. The van der Waals surface area contributed by atoms with Gasteiger partial charge in [0.25, 0.3) is 0 Å². The average molecular weight is 272 g/mol. The number of hydrogen-bond acceptors (Lipinski definition) is 5. The lowest BCUT2D eigenvalue weighted by molar-refractivity contribution is 0.128. The number of aromatic nitrogens is 2. The predicted molar refractivity (Wildman–Crippen MR) is 79.9 cm³/mol.